The molecule has 2 N–H and O–H groups in total. The van der Waals surface area contributed by atoms with E-state index in [1.165, 1.54) is 32.7 Å². The first-order chi connectivity index (χ1) is 10.6. The predicted octanol–water partition coefficient (Wildman–Crippen LogP) is 4.03. The highest BCUT2D eigenvalue weighted by atomic mass is 16.3. The average molecular weight is 290 g/mol. The van der Waals surface area contributed by atoms with Crippen LogP contribution in [0.1, 0.15) is 28.4 Å². The van der Waals surface area contributed by atoms with E-state index in [0.29, 0.717) is 0 Å². The van der Waals surface area contributed by atoms with E-state index in [0.717, 1.165) is 11.1 Å². The number of aliphatic hydroxyl groups excluding tert-OH is 2. The van der Waals surface area contributed by atoms with Crippen LogP contribution in [-0.4, -0.2) is 16.3 Å². The van der Waals surface area contributed by atoms with Gasteiger partial charge in [0.25, 0.3) is 0 Å². The first-order valence-electron chi connectivity index (χ1n) is 7.58. The highest BCUT2D eigenvalue weighted by Gasteiger charge is 2.24. The second-order valence-corrected chi connectivity index (χ2v) is 6.08. The lowest BCUT2D eigenvalue weighted by atomic mass is 9.84. The molecule has 2 atom stereocenters. The molecule has 0 bridgehead atoms. The van der Waals surface area contributed by atoms with Gasteiger partial charge in [-0.3, -0.25) is 0 Å². The molecule has 0 spiro atoms. The molecule has 3 aromatic carbocycles. The van der Waals surface area contributed by atoms with Gasteiger partial charge in [-0.25, -0.2) is 0 Å². The van der Waals surface area contributed by atoms with E-state index >= 15 is 0 Å². The molecule has 1 aliphatic rings. The van der Waals surface area contributed by atoms with Crippen LogP contribution in [-0.2, 0) is 0 Å². The summed E-state index contributed by atoms with van der Waals surface area (Å²) in [7, 11) is 0. The monoisotopic (exact) mass is 290 g/mol. The van der Waals surface area contributed by atoms with Crippen molar-refractivity contribution in [2.75, 3.05) is 0 Å². The standard InChI is InChI=1S/C20H18O2/c1-11-13-5-3-4-6-14(13)12(2)19-15(11)7-8-17-16(19)9-10-18(21)20(17)22/h3-10,18,20-22H,1-2H3/t18-,20-/m1/s1. The summed E-state index contributed by atoms with van der Waals surface area (Å²) in [4.78, 5) is 0. The second kappa shape index (κ2) is 4.67. The quantitative estimate of drug-likeness (QED) is 0.614. The first kappa shape index (κ1) is 13.5. The Morgan fingerprint density at radius 1 is 0.818 bits per heavy atom. The van der Waals surface area contributed by atoms with Crippen LogP contribution in [0.25, 0.3) is 27.6 Å². The van der Waals surface area contributed by atoms with Crippen LogP contribution in [0, 0.1) is 13.8 Å². The molecule has 0 aromatic heterocycles. The van der Waals surface area contributed by atoms with Gasteiger partial charge in [-0.1, -0.05) is 48.6 Å². The zero-order chi connectivity index (χ0) is 15.4. The maximum absolute atomic E-state index is 10.3. The van der Waals surface area contributed by atoms with Gasteiger partial charge in [0.15, 0.2) is 0 Å². The summed E-state index contributed by atoms with van der Waals surface area (Å²) >= 11 is 0. The fourth-order valence-electron chi connectivity index (χ4n) is 3.69. The summed E-state index contributed by atoms with van der Waals surface area (Å²) in [5.74, 6) is 0. The third-order valence-electron chi connectivity index (χ3n) is 4.90. The molecule has 0 saturated heterocycles. The molecular formula is C20H18O2. The number of benzene rings is 3. The van der Waals surface area contributed by atoms with Gasteiger partial charge < -0.3 is 10.2 Å². The fraction of sp³-hybridized carbons (Fsp3) is 0.200. The topological polar surface area (TPSA) is 40.5 Å². The fourth-order valence-corrected chi connectivity index (χ4v) is 3.69. The minimum Gasteiger partial charge on any atom is -0.386 e. The van der Waals surface area contributed by atoms with Gasteiger partial charge in [-0.05, 0) is 57.6 Å². The van der Waals surface area contributed by atoms with Crippen LogP contribution < -0.4 is 0 Å². The molecule has 22 heavy (non-hydrogen) atoms. The molecule has 2 nitrogen and oxygen atoms in total. The minimum absolute atomic E-state index is 0.806. The van der Waals surface area contributed by atoms with Crippen LogP contribution in [0.4, 0.5) is 0 Å². The molecule has 2 heteroatoms. The van der Waals surface area contributed by atoms with Gasteiger partial charge in [0.1, 0.15) is 12.2 Å². The zero-order valence-corrected chi connectivity index (χ0v) is 12.7. The first-order valence-corrected chi connectivity index (χ1v) is 7.58. The third kappa shape index (κ3) is 1.68. The van der Waals surface area contributed by atoms with Crippen LogP contribution in [0.2, 0.25) is 0 Å². The van der Waals surface area contributed by atoms with E-state index in [9.17, 15) is 10.2 Å². The van der Waals surface area contributed by atoms with Crippen LogP contribution in [0.15, 0.2) is 42.5 Å². The highest BCUT2D eigenvalue weighted by Crippen LogP contribution is 2.39. The summed E-state index contributed by atoms with van der Waals surface area (Å²) in [6.07, 6.45) is 1.94. The smallest absolute Gasteiger partial charge is 0.109 e. The van der Waals surface area contributed by atoms with E-state index in [1.54, 1.807) is 6.08 Å². The molecular weight excluding hydrogens is 272 g/mol. The number of hydrogen-bond donors (Lipinski definition) is 2. The predicted molar refractivity (Wildman–Crippen MR) is 90.9 cm³/mol. The number of aliphatic hydroxyl groups is 2. The largest absolute Gasteiger partial charge is 0.386 e. The Balaban J connectivity index is 2.22. The SMILES string of the molecule is Cc1c2ccccc2c(C)c2c3c(ccc12)[C@@H](O)[C@H](O)C=C3. The molecule has 0 radical (unpaired) electrons. The molecule has 110 valence electrons. The summed E-state index contributed by atoms with van der Waals surface area (Å²) in [6.45, 7) is 4.28. The van der Waals surface area contributed by atoms with Crippen molar-refractivity contribution in [2.45, 2.75) is 26.1 Å². The molecule has 3 aromatic rings. The van der Waals surface area contributed by atoms with Crippen molar-refractivity contribution in [1.29, 1.82) is 0 Å². The lowest BCUT2D eigenvalue weighted by Gasteiger charge is -2.24. The lowest BCUT2D eigenvalue weighted by Crippen LogP contribution is -2.19. The van der Waals surface area contributed by atoms with Crippen molar-refractivity contribution in [3.63, 3.8) is 0 Å². The van der Waals surface area contributed by atoms with Gasteiger partial charge in [0.2, 0.25) is 0 Å². The van der Waals surface area contributed by atoms with Crippen LogP contribution >= 0.6 is 0 Å². The molecule has 1 aliphatic carbocycles. The van der Waals surface area contributed by atoms with Crippen LogP contribution in [0.5, 0.6) is 0 Å². The molecule has 0 aliphatic heterocycles. The van der Waals surface area contributed by atoms with E-state index < -0.39 is 12.2 Å². The number of rotatable bonds is 0. The minimum atomic E-state index is -0.851. The van der Waals surface area contributed by atoms with Gasteiger partial charge in [0, 0.05) is 0 Å². The average Bonchev–Trinajstić information content (AvgIpc) is 2.55. The summed E-state index contributed by atoms with van der Waals surface area (Å²) in [6, 6.07) is 12.4. The molecule has 4 rings (SSSR count). The number of aryl methyl sites for hydroxylation is 2. The van der Waals surface area contributed by atoms with Gasteiger partial charge in [0.05, 0.1) is 0 Å². The maximum atomic E-state index is 10.3. The Hall–Kier alpha value is -2.16. The Bertz CT molecular complexity index is 937. The van der Waals surface area contributed by atoms with Crippen molar-refractivity contribution < 1.29 is 10.2 Å². The number of hydrogen-bond acceptors (Lipinski definition) is 2. The van der Waals surface area contributed by atoms with Crippen molar-refractivity contribution in [2.24, 2.45) is 0 Å². The third-order valence-corrected chi connectivity index (χ3v) is 4.90. The maximum Gasteiger partial charge on any atom is 0.109 e. The van der Waals surface area contributed by atoms with E-state index in [4.69, 9.17) is 0 Å². The normalized spacial score (nSPS) is 20.5. The lowest BCUT2D eigenvalue weighted by molar-refractivity contribution is 0.0471. The highest BCUT2D eigenvalue weighted by molar-refractivity contribution is 6.08. The van der Waals surface area contributed by atoms with Gasteiger partial charge in [-0.2, -0.15) is 0 Å². The van der Waals surface area contributed by atoms with Gasteiger partial charge >= 0.3 is 0 Å². The molecule has 0 amide bonds. The van der Waals surface area contributed by atoms with Gasteiger partial charge in [-0.15, -0.1) is 0 Å². The van der Waals surface area contributed by atoms with Crippen LogP contribution in [0.3, 0.4) is 0 Å². The summed E-state index contributed by atoms with van der Waals surface area (Å²) < 4.78 is 0. The molecule has 0 heterocycles. The Morgan fingerprint density at radius 2 is 1.50 bits per heavy atom. The molecule has 0 saturated carbocycles. The Labute approximate surface area is 129 Å². The van der Waals surface area contributed by atoms with Crippen molar-refractivity contribution in [3.05, 3.63) is 64.7 Å². The van der Waals surface area contributed by atoms with E-state index in [-0.39, 0.29) is 0 Å². The molecule has 0 unspecified atom stereocenters. The van der Waals surface area contributed by atoms with E-state index in [1.807, 2.05) is 12.1 Å². The van der Waals surface area contributed by atoms with Crippen molar-refractivity contribution >= 4 is 27.6 Å². The van der Waals surface area contributed by atoms with Crippen molar-refractivity contribution in [1.82, 2.24) is 0 Å². The summed E-state index contributed by atoms with van der Waals surface area (Å²) in [5.41, 5.74) is 4.32. The Kier molecular flexibility index (Phi) is 2.86. The zero-order valence-electron chi connectivity index (χ0n) is 12.7. The summed E-state index contributed by atoms with van der Waals surface area (Å²) in [5, 5.41) is 25.0. The Morgan fingerprint density at radius 3 is 2.23 bits per heavy atom. The number of fused-ring (bicyclic) bond motifs is 4. The van der Waals surface area contributed by atoms with E-state index in [2.05, 4.69) is 44.2 Å². The molecule has 0 fully saturated rings. The second-order valence-electron chi connectivity index (χ2n) is 6.08. The van der Waals surface area contributed by atoms with Crippen molar-refractivity contribution in [3.8, 4) is 0 Å².